The monoisotopic (exact) mass is 250 g/mol. The Morgan fingerprint density at radius 3 is 2.84 bits per heavy atom. The maximum atomic E-state index is 9.77. The molecule has 3 rings (SSSR count). The summed E-state index contributed by atoms with van der Waals surface area (Å²) in [7, 11) is 0. The van der Waals surface area contributed by atoms with Gasteiger partial charge in [0.05, 0.1) is 11.0 Å². The molecule has 3 aromatic rings. The molecule has 0 aliphatic carbocycles. The van der Waals surface area contributed by atoms with Gasteiger partial charge in [-0.05, 0) is 42.3 Å². The van der Waals surface area contributed by atoms with Crippen LogP contribution in [0.4, 0.5) is 0 Å². The number of nitrogens with one attached hydrogen (secondary N) is 1. The van der Waals surface area contributed by atoms with Crippen LogP contribution in [0, 0.1) is 0 Å². The maximum absolute atomic E-state index is 9.77. The predicted octanol–water partition coefficient (Wildman–Crippen LogP) is 3.66. The Labute approximate surface area is 111 Å². The first kappa shape index (κ1) is 11.5. The molecule has 3 heteroatoms. The number of phenols is 1. The highest BCUT2D eigenvalue weighted by Gasteiger charge is 2.07. The molecule has 0 radical (unpaired) electrons. The summed E-state index contributed by atoms with van der Waals surface area (Å²) in [4.78, 5) is 7.83. The first-order valence-corrected chi connectivity index (χ1v) is 6.16. The molecular weight excluding hydrogens is 236 g/mol. The summed E-state index contributed by atoms with van der Waals surface area (Å²) in [5, 5.41) is 9.77. The predicted molar refractivity (Wildman–Crippen MR) is 77.1 cm³/mol. The first-order chi connectivity index (χ1) is 9.28. The Bertz CT molecular complexity index is 710. The van der Waals surface area contributed by atoms with E-state index in [9.17, 15) is 5.11 Å². The molecule has 0 fully saturated rings. The van der Waals surface area contributed by atoms with Crippen LogP contribution in [0.25, 0.3) is 22.4 Å². The zero-order valence-electron chi connectivity index (χ0n) is 10.4. The van der Waals surface area contributed by atoms with Crippen LogP contribution in [-0.2, 0) is 6.42 Å². The number of aromatic nitrogens is 2. The van der Waals surface area contributed by atoms with Crippen molar-refractivity contribution in [1.82, 2.24) is 9.97 Å². The lowest BCUT2D eigenvalue weighted by Crippen LogP contribution is -1.86. The van der Waals surface area contributed by atoms with Gasteiger partial charge in [-0.15, -0.1) is 6.58 Å². The number of aromatic hydroxyl groups is 1. The minimum Gasteiger partial charge on any atom is -0.508 e. The molecule has 0 unspecified atom stereocenters. The number of phenolic OH excluding ortho intramolecular Hbond substituents is 1. The molecule has 0 aliphatic rings. The second-order valence-corrected chi connectivity index (χ2v) is 4.44. The third-order valence-electron chi connectivity index (χ3n) is 3.11. The smallest absolute Gasteiger partial charge is 0.138 e. The fourth-order valence-electron chi connectivity index (χ4n) is 2.14. The lowest BCUT2D eigenvalue weighted by Gasteiger charge is -2.04. The van der Waals surface area contributed by atoms with Crippen LogP contribution in [0.2, 0.25) is 0 Å². The van der Waals surface area contributed by atoms with Gasteiger partial charge in [0.25, 0.3) is 0 Å². The van der Waals surface area contributed by atoms with E-state index in [1.807, 2.05) is 36.4 Å². The number of hydrogen-bond acceptors (Lipinski definition) is 2. The van der Waals surface area contributed by atoms with Crippen LogP contribution in [-0.4, -0.2) is 15.1 Å². The van der Waals surface area contributed by atoms with Gasteiger partial charge in [0, 0.05) is 5.56 Å². The van der Waals surface area contributed by atoms with Crippen molar-refractivity contribution in [3.8, 4) is 17.1 Å². The number of H-pyrrole nitrogens is 1. The summed E-state index contributed by atoms with van der Waals surface area (Å²) in [6.45, 7) is 3.70. The van der Waals surface area contributed by atoms with E-state index in [1.54, 1.807) is 12.1 Å². The summed E-state index contributed by atoms with van der Waals surface area (Å²) in [6.07, 6.45) is 2.41. The van der Waals surface area contributed by atoms with E-state index in [-0.39, 0.29) is 0 Å². The van der Waals surface area contributed by atoms with E-state index in [0.717, 1.165) is 28.0 Å². The Balaban J connectivity index is 2.10. The van der Waals surface area contributed by atoms with E-state index in [4.69, 9.17) is 0 Å². The van der Waals surface area contributed by atoms with Crippen molar-refractivity contribution in [2.45, 2.75) is 6.42 Å². The van der Waals surface area contributed by atoms with Crippen LogP contribution in [0.15, 0.2) is 55.1 Å². The van der Waals surface area contributed by atoms with Gasteiger partial charge in [0.15, 0.2) is 0 Å². The molecule has 0 bridgehead atoms. The molecule has 0 saturated heterocycles. The largest absolute Gasteiger partial charge is 0.508 e. The number of aromatic amines is 1. The minimum absolute atomic E-state index is 0.291. The van der Waals surface area contributed by atoms with Crippen LogP contribution >= 0.6 is 0 Å². The van der Waals surface area contributed by atoms with Gasteiger partial charge in [-0.2, -0.15) is 0 Å². The average Bonchev–Trinajstić information content (AvgIpc) is 2.85. The Kier molecular flexibility index (Phi) is 2.80. The quantitative estimate of drug-likeness (QED) is 0.697. The lowest BCUT2D eigenvalue weighted by molar-refractivity contribution is 0.470. The normalized spacial score (nSPS) is 10.7. The summed E-state index contributed by atoms with van der Waals surface area (Å²) in [5.74, 6) is 1.10. The molecule has 94 valence electrons. The SMILES string of the molecule is C=CCc1cc(-c2nc3ccccc3[nH]2)ccc1O. The van der Waals surface area contributed by atoms with Crippen molar-refractivity contribution in [2.75, 3.05) is 0 Å². The van der Waals surface area contributed by atoms with Gasteiger partial charge >= 0.3 is 0 Å². The third-order valence-corrected chi connectivity index (χ3v) is 3.11. The Hall–Kier alpha value is -2.55. The van der Waals surface area contributed by atoms with E-state index < -0.39 is 0 Å². The van der Waals surface area contributed by atoms with Crippen molar-refractivity contribution in [3.05, 3.63) is 60.7 Å². The number of allylic oxidation sites excluding steroid dienone is 1. The van der Waals surface area contributed by atoms with E-state index in [1.165, 1.54) is 0 Å². The van der Waals surface area contributed by atoms with Gasteiger partial charge in [-0.1, -0.05) is 18.2 Å². The Morgan fingerprint density at radius 1 is 1.21 bits per heavy atom. The zero-order chi connectivity index (χ0) is 13.2. The molecule has 2 aromatic carbocycles. The number of nitrogens with zero attached hydrogens (tertiary/aromatic N) is 1. The molecular formula is C16H14N2O. The molecule has 0 saturated carbocycles. The summed E-state index contributed by atoms with van der Waals surface area (Å²) < 4.78 is 0. The number of benzene rings is 2. The topological polar surface area (TPSA) is 48.9 Å². The van der Waals surface area contributed by atoms with Crippen LogP contribution in [0.1, 0.15) is 5.56 Å². The molecule has 2 N–H and O–H groups in total. The zero-order valence-corrected chi connectivity index (χ0v) is 10.4. The van der Waals surface area contributed by atoms with Crippen molar-refractivity contribution in [1.29, 1.82) is 0 Å². The highest BCUT2D eigenvalue weighted by molar-refractivity contribution is 5.79. The van der Waals surface area contributed by atoms with Crippen LogP contribution < -0.4 is 0 Å². The minimum atomic E-state index is 0.291. The van der Waals surface area contributed by atoms with E-state index >= 15 is 0 Å². The van der Waals surface area contributed by atoms with E-state index in [2.05, 4.69) is 16.5 Å². The number of rotatable bonds is 3. The van der Waals surface area contributed by atoms with Crippen LogP contribution in [0.3, 0.4) is 0 Å². The van der Waals surface area contributed by atoms with Gasteiger partial charge in [0.2, 0.25) is 0 Å². The number of para-hydroxylation sites is 2. The summed E-state index contributed by atoms with van der Waals surface area (Å²) >= 11 is 0. The molecule has 19 heavy (non-hydrogen) atoms. The summed E-state index contributed by atoms with van der Waals surface area (Å²) in [5.41, 5.74) is 3.77. The van der Waals surface area contributed by atoms with Crippen molar-refractivity contribution in [2.24, 2.45) is 0 Å². The third kappa shape index (κ3) is 2.10. The van der Waals surface area contributed by atoms with Crippen molar-refractivity contribution < 1.29 is 5.11 Å². The van der Waals surface area contributed by atoms with Gasteiger partial charge < -0.3 is 10.1 Å². The fourth-order valence-corrected chi connectivity index (χ4v) is 2.14. The standard InChI is InChI=1S/C16H14N2O/c1-2-5-11-10-12(8-9-15(11)19)16-17-13-6-3-4-7-14(13)18-16/h2-4,6-10,19H,1,5H2,(H,17,18). The molecule has 1 heterocycles. The maximum Gasteiger partial charge on any atom is 0.138 e. The first-order valence-electron chi connectivity index (χ1n) is 6.16. The molecule has 0 spiro atoms. The molecule has 0 amide bonds. The fraction of sp³-hybridized carbons (Fsp3) is 0.0625. The lowest BCUT2D eigenvalue weighted by atomic mass is 10.1. The Morgan fingerprint density at radius 2 is 2.05 bits per heavy atom. The highest BCUT2D eigenvalue weighted by Crippen LogP contribution is 2.26. The number of imidazole rings is 1. The molecule has 0 atom stereocenters. The van der Waals surface area contributed by atoms with Crippen LogP contribution in [0.5, 0.6) is 5.75 Å². The van der Waals surface area contributed by atoms with Gasteiger partial charge in [-0.3, -0.25) is 0 Å². The molecule has 3 nitrogen and oxygen atoms in total. The molecule has 0 aliphatic heterocycles. The van der Waals surface area contributed by atoms with Gasteiger partial charge in [0.1, 0.15) is 11.6 Å². The highest BCUT2D eigenvalue weighted by atomic mass is 16.3. The second kappa shape index (κ2) is 4.61. The van der Waals surface area contributed by atoms with Crippen molar-refractivity contribution >= 4 is 11.0 Å². The number of fused-ring (bicyclic) bond motifs is 1. The van der Waals surface area contributed by atoms with Gasteiger partial charge in [-0.25, -0.2) is 4.98 Å². The summed E-state index contributed by atoms with van der Waals surface area (Å²) in [6, 6.07) is 13.4. The number of hydrogen-bond donors (Lipinski definition) is 2. The molecule has 1 aromatic heterocycles. The van der Waals surface area contributed by atoms with Crippen molar-refractivity contribution in [3.63, 3.8) is 0 Å². The average molecular weight is 250 g/mol. The second-order valence-electron chi connectivity index (χ2n) is 4.44. The van der Waals surface area contributed by atoms with E-state index in [0.29, 0.717) is 12.2 Å².